The Morgan fingerprint density at radius 3 is 2.31 bits per heavy atom. The minimum Gasteiger partial charge on any atom is -0.464 e. The lowest BCUT2D eigenvalue weighted by atomic mass is 9.74. The van der Waals surface area contributed by atoms with E-state index in [1.165, 1.54) is 6.42 Å². The average molecular weight is 222 g/mol. The van der Waals surface area contributed by atoms with E-state index in [4.69, 9.17) is 4.42 Å². The molecule has 1 aliphatic rings. The third kappa shape index (κ3) is 2.49. The van der Waals surface area contributed by atoms with Gasteiger partial charge in [0, 0.05) is 0 Å². The fourth-order valence-corrected chi connectivity index (χ4v) is 3.11. The van der Waals surface area contributed by atoms with Crippen molar-refractivity contribution in [2.75, 3.05) is 0 Å². The van der Waals surface area contributed by atoms with Gasteiger partial charge in [-0.15, -0.1) is 0 Å². The summed E-state index contributed by atoms with van der Waals surface area (Å²) in [4.78, 5) is 0. The van der Waals surface area contributed by atoms with Crippen LogP contribution in [0.25, 0.3) is 0 Å². The van der Waals surface area contributed by atoms with Crippen LogP contribution in [0.3, 0.4) is 0 Å². The van der Waals surface area contributed by atoms with Crippen LogP contribution in [-0.2, 0) is 0 Å². The summed E-state index contributed by atoms with van der Waals surface area (Å²) in [7, 11) is 0. The number of furan rings is 1. The van der Waals surface area contributed by atoms with Crippen molar-refractivity contribution in [2.45, 2.75) is 46.1 Å². The second-order valence-electron chi connectivity index (χ2n) is 5.57. The molecule has 1 aliphatic carbocycles. The van der Waals surface area contributed by atoms with Crippen molar-refractivity contribution in [1.82, 2.24) is 0 Å². The van der Waals surface area contributed by atoms with Crippen molar-refractivity contribution < 1.29 is 9.52 Å². The smallest absolute Gasteiger partial charge is 0.132 e. The number of aliphatic hydroxyl groups excluding tert-OH is 1. The highest BCUT2D eigenvalue weighted by atomic mass is 16.4. The zero-order valence-electron chi connectivity index (χ0n) is 10.4. The molecular weight excluding hydrogens is 200 g/mol. The first kappa shape index (κ1) is 11.7. The summed E-state index contributed by atoms with van der Waals surface area (Å²) >= 11 is 0. The van der Waals surface area contributed by atoms with Gasteiger partial charge in [0.05, 0.1) is 0 Å². The summed E-state index contributed by atoms with van der Waals surface area (Å²) in [5.41, 5.74) is 0. The van der Waals surface area contributed by atoms with Gasteiger partial charge in [0.25, 0.3) is 0 Å². The maximum Gasteiger partial charge on any atom is 0.132 e. The second kappa shape index (κ2) is 4.62. The van der Waals surface area contributed by atoms with Gasteiger partial charge in [0.2, 0.25) is 0 Å². The highest BCUT2D eigenvalue weighted by molar-refractivity contribution is 5.09. The monoisotopic (exact) mass is 222 g/mol. The Labute approximate surface area is 97.7 Å². The molecule has 1 N–H and O–H groups in total. The molecule has 90 valence electrons. The average Bonchev–Trinajstić information content (AvgIpc) is 2.62. The summed E-state index contributed by atoms with van der Waals surface area (Å²) in [5, 5.41) is 10.3. The molecule has 16 heavy (non-hydrogen) atoms. The zero-order valence-corrected chi connectivity index (χ0v) is 10.4. The molecule has 1 saturated carbocycles. The molecule has 0 radical (unpaired) electrons. The van der Waals surface area contributed by atoms with Gasteiger partial charge >= 0.3 is 0 Å². The van der Waals surface area contributed by atoms with Crippen LogP contribution < -0.4 is 0 Å². The standard InChI is InChI=1S/C14H22O2/c1-9-6-10(2)8-12(7-9)14(15)13-5-4-11(3)16-13/h4-5,9-10,12,14-15H,6-8H2,1-3H3. The van der Waals surface area contributed by atoms with Crippen LogP contribution >= 0.6 is 0 Å². The van der Waals surface area contributed by atoms with Crippen molar-refractivity contribution >= 4 is 0 Å². The summed E-state index contributed by atoms with van der Waals surface area (Å²) in [6, 6.07) is 3.83. The fraction of sp³-hybridized carbons (Fsp3) is 0.714. The first-order chi connectivity index (χ1) is 7.56. The molecule has 0 spiro atoms. The molecule has 1 heterocycles. The maximum absolute atomic E-state index is 10.3. The fourth-order valence-electron chi connectivity index (χ4n) is 3.11. The van der Waals surface area contributed by atoms with Crippen LogP contribution in [0, 0.1) is 24.7 Å². The lowest BCUT2D eigenvalue weighted by Gasteiger charge is -2.33. The Kier molecular flexibility index (Phi) is 3.38. The quantitative estimate of drug-likeness (QED) is 0.827. The second-order valence-corrected chi connectivity index (χ2v) is 5.57. The van der Waals surface area contributed by atoms with E-state index in [1.807, 2.05) is 19.1 Å². The summed E-state index contributed by atoms with van der Waals surface area (Å²) in [6.45, 7) is 6.48. The van der Waals surface area contributed by atoms with Gasteiger partial charge < -0.3 is 9.52 Å². The molecule has 0 saturated heterocycles. The molecule has 0 bridgehead atoms. The van der Waals surface area contributed by atoms with E-state index >= 15 is 0 Å². The number of rotatable bonds is 2. The topological polar surface area (TPSA) is 33.4 Å². The Morgan fingerprint density at radius 1 is 1.19 bits per heavy atom. The Hall–Kier alpha value is -0.760. The molecule has 2 nitrogen and oxygen atoms in total. The van der Waals surface area contributed by atoms with Crippen LogP contribution in [0.2, 0.25) is 0 Å². The molecule has 1 fully saturated rings. The van der Waals surface area contributed by atoms with Crippen molar-refractivity contribution in [3.05, 3.63) is 23.7 Å². The van der Waals surface area contributed by atoms with Crippen molar-refractivity contribution in [3.8, 4) is 0 Å². The van der Waals surface area contributed by atoms with Crippen molar-refractivity contribution in [1.29, 1.82) is 0 Å². The number of hydrogen-bond donors (Lipinski definition) is 1. The zero-order chi connectivity index (χ0) is 11.7. The Bertz CT molecular complexity index is 332. The van der Waals surface area contributed by atoms with E-state index in [-0.39, 0.29) is 0 Å². The van der Waals surface area contributed by atoms with Gasteiger partial charge in [0.15, 0.2) is 0 Å². The Balaban J connectivity index is 2.06. The maximum atomic E-state index is 10.3. The van der Waals surface area contributed by atoms with E-state index in [1.54, 1.807) is 0 Å². The molecular formula is C14H22O2. The highest BCUT2D eigenvalue weighted by Gasteiger charge is 2.31. The van der Waals surface area contributed by atoms with Gasteiger partial charge in [0.1, 0.15) is 17.6 Å². The first-order valence-electron chi connectivity index (χ1n) is 6.30. The van der Waals surface area contributed by atoms with Gasteiger partial charge in [-0.25, -0.2) is 0 Å². The SMILES string of the molecule is Cc1ccc(C(O)C2CC(C)CC(C)C2)o1. The molecule has 1 aromatic heterocycles. The molecule has 1 aromatic rings. The van der Waals surface area contributed by atoms with E-state index < -0.39 is 6.10 Å². The summed E-state index contributed by atoms with van der Waals surface area (Å²) < 4.78 is 5.52. The van der Waals surface area contributed by atoms with E-state index in [0.29, 0.717) is 5.92 Å². The van der Waals surface area contributed by atoms with Gasteiger partial charge in [-0.2, -0.15) is 0 Å². The van der Waals surface area contributed by atoms with Gasteiger partial charge in [-0.1, -0.05) is 13.8 Å². The molecule has 2 rings (SSSR count). The van der Waals surface area contributed by atoms with E-state index in [9.17, 15) is 5.11 Å². The lowest BCUT2D eigenvalue weighted by molar-refractivity contribution is 0.0391. The van der Waals surface area contributed by atoms with Crippen LogP contribution in [-0.4, -0.2) is 5.11 Å². The van der Waals surface area contributed by atoms with Gasteiger partial charge in [-0.3, -0.25) is 0 Å². The van der Waals surface area contributed by atoms with Crippen molar-refractivity contribution in [2.24, 2.45) is 17.8 Å². The molecule has 3 unspecified atom stereocenters. The molecule has 0 aliphatic heterocycles. The van der Waals surface area contributed by atoms with Crippen LogP contribution in [0.4, 0.5) is 0 Å². The van der Waals surface area contributed by atoms with Crippen molar-refractivity contribution in [3.63, 3.8) is 0 Å². The Morgan fingerprint density at radius 2 is 1.81 bits per heavy atom. The minimum absolute atomic E-state index is 0.365. The van der Waals surface area contributed by atoms with Crippen LogP contribution in [0.1, 0.15) is 50.7 Å². The number of hydrogen-bond acceptors (Lipinski definition) is 2. The first-order valence-corrected chi connectivity index (χ1v) is 6.30. The highest BCUT2D eigenvalue weighted by Crippen LogP contribution is 2.39. The molecule has 2 heteroatoms. The van der Waals surface area contributed by atoms with Crippen LogP contribution in [0.15, 0.2) is 16.5 Å². The number of aryl methyl sites for hydroxylation is 1. The third-order valence-electron chi connectivity index (χ3n) is 3.71. The predicted molar refractivity (Wildman–Crippen MR) is 64.1 cm³/mol. The third-order valence-corrected chi connectivity index (χ3v) is 3.71. The minimum atomic E-state index is -0.418. The number of aliphatic hydroxyl groups is 1. The predicted octanol–water partition coefficient (Wildman–Crippen LogP) is 3.69. The van der Waals surface area contributed by atoms with Gasteiger partial charge in [-0.05, 0) is 56.1 Å². The molecule has 3 atom stereocenters. The summed E-state index contributed by atoms with van der Waals surface area (Å²) in [5.74, 6) is 3.43. The van der Waals surface area contributed by atoms with E-state index in [0.717, 1.165) is 36.2 Å². The molecule has 0 amide bonds. The molecule has 0 aromatic carbocycles. The summed E-state index contributed by atoms with van der Waals surface area (Å²) in [6.07, 6.45) is 3.11. The lowest BCUT2D eigenvalue weighted by Crippen LogP contribution is -2.24. The van der Waals surface area contributed by atoms with E-state index in [2.05, 4.69) is 13.8 Å². The van der Waals surface area contributed by atoms with Crippen LogP contribution in [0.5, 0.6) is 0 Å². The normalized spacial score (nSPS) is 32.6. The largest absolute Gasteiger partial charge is 0.464 e.